The van der Waals surface area contributed by atoms with Crippen molar-refractivity contribution in [3.05, 3.63) is 45.5 Å². The summed E-state index contributed by atoms with van der Waals surface area (Å²) in [6, 6.07) is 8.04. The molecule has 0 saturated carbocycles. The van der Waals surface area contributed by atoms with Gasteiger partial charge in [0.05, 0.1) is 4.88 Å². The fraction of sp³-hybridized carbons (Fsp3) is 0. The number of hydrogen-bond donors (Lipinski definition) is 0. The van der Waals surface area contributed by atoms with Crippen LogP contribution in [0.5, 0.6) is 0 Å². The van der Waals surface area contributed by atoms with Crippen molar-refractivity contribution in [2.24, 2.45) is 0 Å². The lowest BCUT2D eigenvalue weighted by molar-refractivity contribution is 0.112. The Morgan fingerprint density at radius 3 is 2.73 bits per heavy atom. The number of benzene rings is 1. The first kappa shape index (κ1) is 10.5. The van der Waals surface area contributed by atoms with Crippen LogP contribution in [0.3, 0.4) is 0 Å². The lowest BCUT2D eigenvalue weighted by atomic mass is 10.2. The number of rotatable bonds is 2. The van der Waals surface area contributed by atoms with Gasteiger partial charge in [0.1, 0.15) is 5.82 Å². The number of aldehydes is 1. The molecule has 0 aliphatic heterocycles. The van der Waals surface area contributed by atoms with Crippen molar-refractivity contribution >= 4 is 33.6 Å². The van der Waals surface area contributed by atoms with Crippen molar-refractivity contribution in [3.8, 4) is 10.4 Å². The summed E-state index contributed by atoms with van der Waals surface area (Å²) in [5, 5.41) is 0. The van der Waals surface area contributed by atoms with Gasteiger partial charge in [0, 0.05) is 14.9 Å². The first-order valence-corrected chi connectivity index (χ1v) is 5.82. The van der Waals surface area contributed by atoms with E-state index in [2.05, 4.69) is 15.9 Å². The van der Waals surface area contributed by atoms with Crippen LogP contribution in [0.15, 0.2) is 34.8 Å². The summed E-state index contributed by atoms with van der Waals surface area (Å²) in [4.78, 5) is 12.0. The highest BCUT2D eigenvalue weighted by molar-refractivity contribution is 9.10. The van der Waals surface area contributed by atoms with Gasteiger partial charge >= 0.3 is 0 Å². The van der Waals surface area contributed by atoms with Gasteiger partial charge in [-0.25, -0.2) is 4.39 Å². The zero-order valence-electron chi connectivity index (χ0n) is 7.54. The van der Waals surface area contributed by atoms with E-state index in [9.17, 15) is 9.18 Å². The summed E-state index contributed by atoms with van der Waals surface area (Å²) in [6.07, 6.45) is 0.793. The fourth-order valence-electron chi connectivity index (χ4n) is 1.25. The zero-order chi connectivity index (χ0) is 10.8. The number of halogens is 2. The smallest absolute Gasteiger partial charge is 0.160 e. The van der Waals surface area contributed by atoms with E-state index in [0.29, 0.717) is 4.88 Å². The van der Waals surface area contributed by atoms with Crippen molar-refractivity contribution in [3.63, 3.8) is 0 Å². The number of carbonyl (C=O) groups is 1. The molecule has 0 radical (unpaired) electrons. The molecule has 0 saturated heterocycles. The number of hydrogen-bond acceptors (Lipinski definition) is 2. The molecule has 1 aromatic heterocycles. The standard InChI is InChI=1S/C11H6BrFOS/c12-10-3-1-7(13)5-9(10)11-4-2-8(6-14)15-11/h1-6H. The molecule has 0 amide bonds. The SMILES string of the molecule is O=Cc1ccc(-c2cc(F)ccc2Br)s1. The van der Waals surface area contributed by atoms with Crippen molar-refractivity contribution in [1.82, 2.24) is 0 Å². The Morgan fingerprint density at radius 1 is 1.27 bits per heavy atom. The lowest BCUT2D eigenvalue weighted by Gasteiger charge is -2.00. The Labute approximate surface area is 98.7 Å². The van der Waals surface area contributed by atoms with Gasteiger partial charge < -0.3 is 0 Å². The summed E-state index contributed by atoms with van der Waals surface area (Å²) in [5.74, 6) is -0.283. The zero-order valence-corrected chi connectivity index (χ0v) is 9.94. The predicted molar refractivity (Wildman–Crippen MR) is 62.8 cm³/mol. The molecule has 4 heteroatoms. The van der Waals surface area contributed by atoms with Gasteiger partial charge in [-0.1, -0.05) is 15.9 Å². The molecule has 0 aliphatic carbocycles. The maximum atomic E-state index is 13.0. The minimum absolute atomic E-state index is 0.283. The molecule has 76 valence electrons. The Balaban J connectivity index is 2.52. The van der Waals surface area contributed by atoms with Crippen LogP contribution in [-0.2, 0) is 0 Å². The van der Waals surface area contributed by atoms with Gasteiger partial charge in [-0.3, -0.25) is 4.79 Å². The van der Waals surface area contributed by atoms with Crippen molar-refractivity contribution in [2.75, 3.05) is 0 Å². The van der Waals surface area contributed by atoms with E-state index in [-0.39, 0.29) is 5.82 Å². The fourth-order valence-corrected chi connectivity index (χ4v) is 2.69. The molecule has 0 fully saturated rings. The molecule has 1 heterocycles. The third-order valence-corrected chi connectivity index (χ3v) is 3.67. The van der Waals surface area contributed by atoms with Gasteiger partial charge in [0.2, 0.25) is 0 Å². The summed E-state index contributed by atoms with van der Waals surface area (Å²) in [6.45, 7) is 0. The second-order valence-electron chi connectivity index (χ2n) is 2.94. The van der Waals surface area contributed by atoms with Crippen molar-refractivity contribution < 1.29 is 9.18 Å². The Morgan fingerprint density at radius 2 is 2.07 bits per heavy atom. The highest BCUT2D eigenvalue weighted by Crippen LogP contribution is 2.33. The Hall–Kier alpha value is -1.00. The third-order valence-electron chi connectivity index (χ3n) is 1.94. The van der Waals surface area contributed by atoms with E-state index in [1.54, 1.807) is 12.1 Å². The van der Waals surface area contributed by atoms with Crippen LogP contribution in [0.25, 0.3) is 10.4 Å². The van der Waals surface area contributed by atoms with E-state index in [1.165, 1.54) is 23.5 Å². The molecular formula is C11H6BrFOS. The molecule has 0 atom stereocenters. The van der Waals surface area contributed by atoms with Crippen LogP contribution in [0.1, 0.15) is 9.67 Å². The molecule has 2 aromatic rings. The van der Waals surface area contributed by atoms with Crippen molar-refractivity contribution in [1.29, 1.82) is 0 Å². The topological polar surface area (TPSA) is 17.1 Å². The van der Waals surface area contributed by atoms with Gasteiger partial charge in [-0.2, -0.15) is 0 Å². The maximum Gasteiger partial charge on any atom is 0.160 e. The van der Waals surface area contributed by atoms with E-state index in [1.807, 2.05) is 6.07 Å². The quantitative estimate of drug-likeness (QED) is 0.758. The first-order chi connectivity index (χ1) is 7.20. The predicted octanol–water partition coefficient (Wildman–Crippen LogP) is 4.13. The van der Waals surface area contributed by atoms with Gasteiger partial charge in [-0.15, -0.1) is 11.3 Å². The molecule has 0 spiro atoms. The largest absolute Gasteiger partial charge is 0.297 e. The molecule has 1 aromatic carbocycles. The third kappa shape index (κ3) is 2.16. The summed E-state index contributed by atoms with van der Waals surface area (Å²) < 4.78 is 13.9. The molecule has 1 nitrogen and oxygen atoms in total. The van der Waals surface area contributed by atoms with Crippen LogP contribution >= 0.6 is 27.3 Å². The lowest BCUT2D eigenvalue weighted by Crippen LogP contribution is -1.78. The average Bonchev–Trinajstić information content (AvgIpc) is 2.70. The van der Waals surface area contributed by atoms with Crippen LogP contribution < -0.4 is 0 Å². The second kappa shape index (κ2) is 4.24. The maximum absolute atomic E-state index is 13.0. The molecule has 15 heavy (non-hydrogen) atoms. The minimum Gasteiger partial charge on any atom is -0.297 e. The van der Waals surface area contributed by atoms with Gasteiger partial charge in [-0.05, 0) is 30.3 Å². The van der Waals surface area contributed by atoms with Crippen molar-refractivity contribution in [2.45, 2.75) is 0 Å². The van der Waals surface area contributed by atoms with Crippen LogP contribution in [0.4, 0.5) is 4.39 Å². The molecular weight excluding hydrogens is 279 g/mol. The number of thiophene rings is 1. The number of carbonyl (C=O) groups excluding carboxylic acids is 1. The van der Waals surface area contributed by atoms with Gasteiger partial charge in [0.15, 0.2) is 6.29 Å². The highest BCUT2D eigenvalue weighted by atomic mass is 79.9. The van der Waals surface area contributed by atoms with E-state index in [4.69, 9.17) is 0 Å². The minimum atomic E-state index is -0.283. The molecule has 2 rings (SSSR count). The Bertz CT molecular complexity index is 507. The molecule has 0 unspecified atom stereocenters. The van der Waals surface area contributed by atoms with Crippen LogP contribution in [0.2, 0.25) is 0 Å². The Kier molecular flexibility index (Phi) is 2.98. The highest BCUT2D eigenvalue weighted by Gasteiger charge is 2.07. The normalized spacial score (nSPS) is 10.3. The van der Waals surface area contributed by atoms with Crippen LogP contribution in [0, 0.1) is 5.82 Å². The van der Waals surface area contributed by atoms with Gasteiger partial charge in [0.25, 0.3) is 0 Å². The van der Waals surface area contributed by atoms with E-state index < -0.39 is 0 Å². The average molecular weight is 285 g/mol. The molecule has 0 bridgehead atoms. The van der Waals surface area contributed by atoms with E-state index >= 15 is 0 Å². The summed E-state index contributed by atoms with van der Waals surface area (Å²) in [7, 11) is 0. The summed E-state index contributed by atoms with van der Waals surface area (Å²) >= 11 is 4.69. The monoisotopic (exact) mass is 284 g/mol. The second-order valence-corrected chi connectivity index (χ2v) is 4.91. The van der Waals surface area contributed by atoms with E-state index in [0.717, 1.165) is 21.2 Å². The summed E-state index contributed by atoms with van der Waals surface area (Å²) in [5.41, 5.74) is 0.771. The first-order valence-electron chi connectivity index (χ1n) is 4.21. The molecule has 0 aliphatic rings. The molecule has 0 N–H and O–H groups in total. The van der Waals surface area contributed by atoms with Crippen LogP contribution in [-0.4, -0.2) is 6.29 Å².